The molecule has 0 aliphatic heterocycles. The normalized spacial score (nSPS) is 11.0. The smallest absolute Gasteiger partial charge is 0.316 e. The van der Waals surface area contributed by atoms with Gasteiger partial charge in [-0.3, -0.25) is 4.79 Å². The number of fused-ring (bicyclic) bond motifs is 1. The predicted octanol–water partition coefficient (Wildman–Crippen LogP) is 3.39. The third-order valence-corrected chi connectivity index (χ3v) is 5.48. The number of nitrogens with zero attached hydrogens (tertiary/aromatic N) is 3. The summed E-state index contributed by atoms with van der Waals surface area (Å²) in [6, 6.07) is 4.01. The lowest BCUT2D eigenvalue weighted by molar-refractivity contribution is -0.137. The van der Waals surface area contributed by atoms with Crippen LogP contribution in [-0.4, -0.2) is 34.0 Å². The lowest BCUT2D eigenvalue weighted by atomic mass is 10.3. The Labute approximate surface area is 133 Å². The second kappa shape index (κ2) is 6.08. The topological polar surface area (TPSA) is 65.0 Å². The summed E-state index contributed by atoms with van der Waals surface area (Å²) in [5.41, 5.74) is 1.66. The molecule has 3 aromatic heterocycles. The average molecular weight is 337 g/mol. The van der Waals surface area contributed by atoms with E-state index in [1.807, 2.05) is 24.4 Å². The molecule has 21 heavy (non-hydrogen) atoms. The van der Waals surface area contributed by atoms with Gasteiger partial charge in [0.15, 0.2) is 0 Å². The molecule has 0 fully saturated rings. The van der Waals surface area contributed by atoms with Crippen molar-refractivity contribution in [3.05, 3.63) is 22.5 Å². The van der Waals surface area contributed by atoms with E-state index in [-0.39, 0.29) is 11.7 Å². The number of hydrogen-bond acceptors (Lipinski definition) is 8. The molecule has 108 valence electrons. The van der Waals surface area contributed by atoms with Crippen LogP contribution in [0.2, 0.25) is 0 Å². The van der Waals surface area contributed by atoms with Crippen molar-refractivity contribution in [2.24, 2.45) is 0 Å². The summed E-state index contributed by atoms with van der Waals surface area (Å²) in [4.78, 5) is 16.9. The Balaban J connectivity index is 2.04. The summed E-state index contributed by atoms with van der Waals surface area (Å²) in [5, 5.41) is 12.2. The first-order valence-corrected chi connectivity index (χ1v) is 8.74. The maximum atomic E-state index is 11.3. The molecule has 0 radical (unpaired) electrons. The SMILES string of the molecule is COC(=O)CSc1nnc(-c2cccs2)c2sc(C)nc12. The van der Waals surface area contributed by atoms with E-state index in [1.165, 1.54) is 18.9 Å². The number of rotatable bonds is 4. The van der Waals surface area contributed by atoms with E-state index < -0.39 is 0 Å². The highest BCUT2D eigenvalue weighted by atomic mass is 32.2. The quantitative estimate of drug-likeness (QED) is 0.537. The number of thiophene rings is 1. The molecule has 0 atom stereocenters. The number of esters is 1. The maximum absolute atomic E-state index is 11.3. The van der Waals surface area contributed by atoms with Gasteiger partial charge >= 0.3 is 5.97 Å². The van der Waals surface area contributed by atoms with Crippen LogP contribution in [0.1, 0.15) is 5.01 Å². The monoisotopic (exact) mass is 337 g/mol. The molecule has 0 saturated carbocycles. The van der Waals surface area contributed by atoms with E-state index in [9.17, 15) is 4.79 Å². The molecule has 0 N–H and O–H groups in total. The summed E-state index contributed by atoms with van der Waals surface area (Å²) in [7, 11) is 1.37. The molecule has 0 amide bonds. The van der Waals surface area contributed by atoms with Crippen LogP contribution in [0.3, 0.4) is 0 Å². The van der Waals surface area contributed by atoms with Crippen LogP contribution in [-0.2, 0) is 9.53 Å². The van der Waals surface area contributed by atoms with Crippen molar-refractivity contribution in [1.82, 2.24) is 15.2 Å². The number of aromatic nitrogens is 3. The minimum Gasteiger partial charge on any atom is -0.468 e. The number of carbonyl (C=O) groups is 1. The van der Waals surface area contributed by atoms with E-state index in [2.05, 4.69) is 19.9 Å². The summed E-state index contributed by atoms with van der Waals surface area (Å²) in [6.45, 7) is 1.96. The lowest BCUT2D eigenvalue weighted by Gasteiger charge is -2.02. The highest BCUT2D eigenvalue weighted by Crippen LogP contribution is 2.36. The van der Waals surface area contributed by atoms with Crippen LogP contribution in [0, 0.1) is 6.92 Å². The van der Waals surface area contributed by atoms with Gasteiger partial charge in [0.05, 0.1) is 27.4 Å². The van der Waals surface area contributed by atoms with Gasteiger partial charge in [-0.15, -0.1) is 32.9 Å². The van der Waals surface area contributed by atoms with Crippen LogP contribution in [0.25, 0.3) is 20.8 Å². The van der Waals surface area contributed by atoms with Gasteiger partial charge in [-0.25, -0.2) is 4.98 Å². The van der Waals surface area contributed by atoms with Crippen LogP contribution in [0.5, 0.6) is 0 Å². The second-order valence-electron chi connectivity index (χ2n) is 4.11. The van der Waals surface area contributed by atoms with Crippen molar-refractivity contribution in [3.8, 4) is 10.6 Å². The Morgan fingerprint density at radius 1 is 1.43 bits per heavy atom. The van der Waals surface area contributed by atoms with Gasteiger partial charge < -0.3 is 4.74 Å². The van der Waals surface area contributed by atoms with E-state index in [4.69, 9.17) is 0 Å². The minimum absolute atomic E-state index is 0.204. The molecule has 3 rings (SSSR count). The molecular formula is C13H11N3O2S3. The summed E-state index contributed by atoms with van der Waals surface area (Å²) < 4.78 is 5.66. The molecule has 8 heteroatoms. The first-order chi connectivity index (χ1) is 10.2. The first-order valence-electron chi connectivity index (χ1n) is 6.06. The number of thioether (sulfide) groups is 1. The number of thiazole rings is 1. The predicted molar refractivity (Wildman–Crippen MR) is 86.0 cm³/mol. The van der Waals surface area contributed by atoms with Crippen LogP contribution in [0.4, 0.5) is 0 Å². The number of hydrogen-bond donors (Lipinski definition) is 0. The van der Waals surface area contributed by atoms with E-state index in [1.54, 1.807) is 22.7 Å². The zero-order chi connectivity index (χ0) is 14.8. The second-order valence-corrected chi connectivity index (χ2v) is 7.22. The Bertz CT molecular complexity index is 783. The average Bonchev–Trinajstić information content (AvgIpc) is 3.12. The zero-order valence-corrected chi connectivity index (χ0v) is 13.8. The Hall–Kier alpha value is -1.51. The van der Waals surface area contributed by atoms with Crippen LogP contribution >= 0.6 is 34.4 Å². The Morgan fingerprint density at radius 3 is 3.00 bits per heavy atom. The van der Waals surface area contributed by atoms with Crippen LogP contribution < -0.4 is 0 Å². The standard InChI is InChI=1S/C13H11N3O2S3/c1-7-14-11-12(21-7)10(8-4-3-5-19-8)15-16-13(11)20-6-9(17)18-2/h3-5H,6H2,1-2H3. The molecule has 3 heterocycles. The molecule has 0 aromatic carbocycles. The molecular weight excluding hydrogens is 326 g/mol. The van der Waals surface area contributed by atoms with Gasteiger partial charge in [0.1, 0.15) is 16.2 Å². The van der Waals surface area contributed by atoms with Crippen molar-refractivity contribution in [3.63, 3.8) is 0 Å². The van der Waals surface area contributed by atoms with Gasteiger partial charge in [-0.1, -0.05) is 17.8 Å². The fourth-order valence-corrected chi connectivity index (χ4v) is 4.30. The van der Waals surface area contributed by atoms with E-state index in [0.717, 1.165) is 25.8 Å². The minimum atomic E-state index is -0.288. The van der Waals surface area contributed by atoms with Gasteiger partial charge in [-0.05, 0) is 18.4 Å². The van der Waals surface area contributed by atoms with Crippen molar-refractivity contribution in [2.45, 2.75) is 11.9 Å². The summed E-state index contributed by atoms with van der Waals surface area (Å²) >= 11 is 4.52. The number of ether oxygens (including phenoxy) is 1. The van der Waals surface area contributed by atoms with Crippen LogP contribution in [0.15, 0.2) is 22.5 Å². The van der Waals surface area contributed by atoms with Crippen molar-refractivity contribution in [1.29, 1.82) is 0 Å². The van der Waals surface area contributed by atoms with Crippen molar-refractivity contribution in [2.75, 3.05) is 12.9 Å². The molecule has 0 saturated heterocycles. The third-order valence-electron chi connectivity index (χ3n) is 2.70. The molecule has 0 bridgehead atoms. The van der Waals surface area contributed by atoms with E-state index in [0.29, 0.717) is 5.03 Å². The molecule has 0 spiro atoms. The number of aryl methyl sites for hydroxylation is 1. The van der Waals surface area contributed by atoms with Gasteiger partial charge in [0, 0.05) is 0 Å². The zero-order valence-electron chi connectivity index (χ0n) is 11.3. The molecule has 0 aliphatic carbocycles. The summed E-state index contributed by atoms with van der Waals surface area (Å²) in [6.07, 6.45) is 0. The number of carbonyl (C=O) groups excluding carboxylic acids is 1. The third kappa shape index (κ3) is 2.92. The largest absolute Gasteiger partial charge is 0.468 e. The Morgan fingerprint density at radius 2 is 2.29 bits per heavy atom. The van der Waals surface area contributed by atoms with Crippen molar-refractivity contribution < 1.29 is 9.53 Å². The fraction of sp³-hybridized carbons (Fsp3) is 0.231. The Kier molecular flexibility index (Phi) is 4.18. The first kappa shape index (κ1) is 14.4. The maximum Gasteiger partial charge on any atom is 0.316 e. The number of methoxy groups -OCH3 is 1. The van der Waals surface area contributed by atoms with Gasteiger partial charge in [-0.2, -0.15) is 0 Å². The summed E-state index contributed by atoms with van der Waals surface area (Å²) in [5.74, 6) is -0.0842. The van der Waals surface area contributed by atoms with Crippen molar-refractivity contribution >= 4 is 50.6 Å². The molecule has 0 aliphatic rings. The fourth-order valence-electron chi connectivity index (χ4n) is 1.78. The van der Waals surface area contributed by atoms with Gasteiger partial charge in [0.25, 0.3) is 0 Å². The van der Waals surface area contributed by atoms with Gasteiger partial charge in [0.2, 0.25) is 0 Å². The lowest BCUT2D eigenvalue weighted by Crippen LogP contribution is -2.03. The highest BCUT2D eigenvalue weighted by molar-refractivity contribution is 8.00. The molecule has 0 unspecified atom stereocenters. The molecule has 5 nitrogen and oxygen atoms in total. The molecule has 3 aromatic rings. The highest BCUT2D eigenvalue weighted by Gasteiger charge is 2.17. The van der Waals surface area contributed by atoms with E-state index >= 15 is 0 Å².